The maximum Gasteiger partial charge on any atom is 0.343 e. The van der Waals surface area contributed by atoms with E-state index < -0.39 is 23.4 Å². The van der Waals surface area contributed by atoms with Crippen LogP contribution in [0, 0.1) is 0 Å². The highest BCUT2D eigenvalue weighted by atomic mass is 16.7. The second kappa shape index (κ2) is 13.2. The average Bonchev–Trinajstić information content (AvgIpc) is 2.82. The number of carbonyl (C=O) groups is 3. The molecule has 2 atom stereocenters. The van der Waals surface area contributed by atoms with E-state index in [2.05, 4.69) is 5.32 Å². The highest BCUT2D eigenvalue weighted by molar-refractivity contribution is 6.10. The number of carbonyl (C=O) groups excluding carboxylic acids is 3. The molecule has 1 aromatic carbocycles. The van der Waals surface area contributed by atoms with E-state index in [0.29, 0.717) is 25.0 Å². The van der Waals surface area contributed by atoms with Crippen molar-refractivity contribution in [2.24, 2.45) is 0 Å². The van der Waals surface area contributed by atoms with E-state index >= 15 is 0 Å². The smallest absolute Gasteiger partial charge is 0.343 e. The zero-order chi connectivity index (χ0) is 23.4. The van der Waals surface area contributed by atoms with Gasteiger partial charge in [0, 0.05) is 12.2 Å². The van der Waals surface area contributed by atoms with Crippen molar-refractivity contribution in [3.05, 3.63) is 35.9 Å². The Morgan fingerprint density at radius 2 is 1.72 bits per heavy atom. The molecule has 1 aliphatic heterocycles. The van der Waals surface area contributed by atoms with Gasteiger partial charge in [0.05, 0.1) is 19.3 Å². The topological polar surface area (TPSA) is 100 Å². The van der Waals surface area contributed by atoms with Crippen LogP contribution in [0.25, 0.3) is 0 Å². The van der Waals surface area contributed by atoms with Gasteiger partial charge in [0.25, 0.3) is 5.91 Å². The SMILES string of the molecule is CCOC(=O)C(CC[C@@H](CC)OC1CCCCO1)(NC(=O)c1ccccc1)C(=O)OCC. The van der Waals surface area contributed by atoms with Crippen LogP contribution in [-0.4, -0.2) is 55.6 Å². The Morgan fingerprint density at radius 3 is 2.25 bits per heavy atom. The predicted molar refractivity (Wildman–Crippen MR) is 118 cm³/mol. The number of ether oxygens (including phenoxy) is 4. The van der Waals surface area contributed by atoms with Gasteiger partial charge in [-0.15, -0.1) is 0 Å². The van der Waals surface area contributed by atoms with E-state index in [9.17, 15) is 14.4 Å². The van der Waals surface area contributed by atoms with Crippen molar-refractivity contribution >= 4 is 17.8 Å². The minimum atomic E-state index is -1.97. The lowest BCUT2D eigenvalue weighted by atomic mass is 9.90. The Labute approximate surface area is 189 Å². The molecule has 0 saturated carbocycles. The van der Waals surface area contributed by atoms with Gasteiger partial charge in [0.2, 0.25) is 5.54 Å². The number of nitrogens with one attached hydrogen (secondary N) is 1. The van der Waals surface area contributed by atoms with E-state index in [1.54, 1.807) is 44.2 Å². The van der Waals surface area contributed by atoms with E-state index in [1.807, 2.05) is 6.92 Å². The van der Waals surface area contributed by atoms with Crippen LogP contribution < -0.4 is 5.32 Å². The van der Waals surface area contributed by atoms with Gasteiger partial charge in [-0.2, -0.15) is 0 Å². The normalized spacial score (nSPS) is 17.3. The predicted octanol–water partition coefficient (Wildman–Crippen LogP) is 3.38. The summed E-state index contributed by atoms with van der Waals surface area (Å²) < 4.78 is 22.1. The lowest BCUT2D eigenvalue weighted by Crippen LogP contribution is -2.61. The minimum absolute atomic E-state index is 0.0194. The molecule has 2 rings (SSSR count). The Kier molecular flexibility index (Phi) is 10.6. The number of hydrogen-bond donors (Lipinski definition) is 1. The molecule has 1 heterocycles. The number of hydrogen-bond acceptors (Lipinski definition) is 7. The Morgan fingerprint density at radius 1 is 1.06 bits per heavy atom. The first-order chi connectivity index (χ1) is 15.5. The molecule has 1 unspecified atom stereocenters. The molecule has 8 heteroatoms. The average molecular weight is 450 g/mol. The van der Waals surface area contributed by atoms with Gasteiger partial charge in [-0.05, 0) is 64.5 Å². The number of rotatable bonds is 12. The maximum atomic E-state index is 13.0. The molecule has 1 aromatic rings. The zero-order valence-corrected chi connectivity index (χ0v) is 19.3. The third kappa shape index (κ3) is 7.03. The second-order valence-electron chi connectivity index (χ2n) is 7.67. The number of amides is 1. The van der Waals surface area contributed by atoms with E-state index in [1.165, 1.54) is 0 Å². The summed E-state index contributed by atoms with van der Waals surface area (Å²) in [5, 5.41) is 2.62. The van der Waals surface area contributed by atoms with Crippen LogP contribution in [0.2, 0.25) is 0 Å². The summed E-state index contributed by atoms with van der Waals surface area (Å²) in [6.07, 6.45) is 3.27. The van der Waals surface area contributed by atoms with Crippen molar-refractivity contribution in [1.82, 2.24) is 5.32 Å². The summed E-state index contributed by atoms with van der Waals surface area (Å²) in [7, 11) is 0. The molecule has 1 aliphatic rings. The molecule has 1 amide bonds. The van der Waals surface area contributed by atoms with Crippen molar-refractivity contribution in [1.29, 1.82) is 0 Å². The van der Waals surface area contributed by atoms with Crippen LogP contribution in [0.3, 0.4) is 0 Å². The van der Waals surface area contributed by atoms with Gasteiger partial charge < -0.3 is 24.3 Å². The van der Waals surface area contributed by atoms with Crippen LogP contribution in [0.5, 0.6) is 0 Å². The molecule has 0 aromatic heterocycles. The molecule has 1 fully saturated rings. The summed E-state index contributed by atoms with van der Waals surface area (Å²) in [6, 6.07) is 8.40. The molecule has 0 spiro atoms. The maximum absolute atomic E-state index is 13.0. The zero-order valence-electron chi connectivity index (χ0n) is 19.3. The first kappa shape index (κ1) is 25.8. The molecule has 1 N–H and O–H groups in total. The van der Waals surface area contributed by atoms with Gasteiger partial charge in [0.15, 0.2) is 6.29 Å². The molecule has 0 bridgehead atoms. The van der Waals surface area contributed by atoms with Gasteiger partial charge in [0.1, 0.15) is 0 Å². The van der Waals surface area contributed by atoms with Crippen LogP contribution in [-0.2, 0) is 28.5 Å². The van der Waals surface area contributed by atoms with Crippen molar-refractivity contribution in [2.75, 3.05) is 19.8 Å². The first-order valence-electron chi connectivity index (χ1n) is 11.5. The molecule has 8 nitrogen and oxygen atoms in total. The van der Waals surface area contributed by atoms with E-state index in [4.69, 9.17) is 18.9 Å². The minimum Gasteiger partial charge on any atom is -0.464 e. The Bertz CT molecular complexity index is 713. The molecular weight excluding hydrogens is 414 g/mol. The largest absolute Gasteiger partial charge is 0.464 e. The van der Waals surface area contributed by atoms with E-state index in [0.717, 1.165) is 19.3 Å². The fourth-order valence-electron chi connectivity index (χ4n) is 3.60. The fraction of sp³-hybridized carbons (Fsp3) is 0.625. The monoisotopic (exact) mass is 449 g/mol. The second-order valence-corrected chi connectivity index (χ2v) is 7.67. The first-order valence-corrected chi connectivity index (χ1v) is 11.5. The van der Waals surface area contributed by atoms with Gasteiger partial charge >= 0.3 is 11.9 Å². The Balaban J connectivity index is 2.25. The highest BCUT2D eigenvalue weighted by Gasteiger charge is 2.50. The van der Waals surface area contributed by atoms with Crippen molar-refractivity contribution < 1.29 is 33.3 Å². The molecule has 0 radical (unpaired) electrons. The fourth-order valence-corrected chi connectivity index (χ4v) is 3.60. The van der Waals surface area contributed by atoms with Crippen LogP contribution in [0.1, 0.15) is 69.7 Å². The standard InChI is InChI=1S/C24H35NO7/c1-4-19(32-20-14-10-11-17-31-20)15-16-24(22(27)29-5-2,23(28)30-6-3)25-21(26)18-12-8-7-9-13-18/h7-9,12-13,19-20H,4-6,10-11,14-17H2,1-3H3,(H,25,26)/t19-,20?/m1/s1. The molecular formula is C24H35NO7. The molecule has 1 saturated heterocycles. The van der Waals surface area contributed by atoms with Crippen LogP contribution in [0.15, 0.2) is 30.3 Å². The van der Waals surface area contributed by atoms with Crippen LogP contribution >= 0.6 is 0 Å². The third-order valence-electron chi connectivity index (χ3n) is 5.39. The van der Waals surface area contributed by atoms with Gasteiger partial charge in [-0.3, -0.25) is 4.79 Å². The quantitative estimate of drug-likeness (QED) is 0.386. The summed E-state index contributed by atoms with van der Waals surface area (Å²) in [6.45, 7) is 6.03. The van der Waals surface area contributed by atoms with Crippen molar-refractivity contribution in [3.63, 3.8) is 0 Å². The molecule has 0 aliphatic carbocycles. The van der Waals surface area contributed by atoms with Gasteiger partial charge in [-0.1, -0.05) is 25.1 Å². The number of benzene rings is 1. The van der Waals surface area contributed by atoms with E-state index in [-0.39, 0.29) is 32.0 Å². The highest BCUT2D eigenvalue weighted by Crippen LogP contribution is 2.25. The van der Waals surface area contributed by atoms with Crippen molar-refractivity contribution in [3.8, 4) is 0 Å². The summed E-state index contributed by atoms with van der Waals surface area (Å²) in [5.41, 5.74) is -1.65. The summed E-state index contributed by atoms with van der Waals surface area (Å²) >= 11 is 0. The summed E-state index contributed by atoms with van der Waals surface area (Å²) in [4.78, 5) is 39.0. The van der Waals surface area contributed by atoms with Crippen LogP contribution in [0.4, 0.5) is 0 Å². The number of esters is 2. The lowest BCUT2D eigenvalue weighted by Gasteiger charge is -2.32. The summed E-state index contributed by atoms with van der Waals surface area (Å²) in [5.74, 6) is -2.24. The molecule has 178 valence electrons. The third-order valence-corrected chi connectivity index (χ3v) is 5.39. The lowest BCUT2D eigenvalue weighted by molar-refractivity contribution is -0.191. The molecule has 32 heavy (non-hydrogen) atoms. The Hall–Kier alpha value is -2.45. The van der Waals surface area contributed by atoms with Gasteiger partial charge in [-0.25, -0.2) is 9.59 Å². The van der Waals surface area contributed by atoms with Crippen molar-refractivity contribution in [2.45, 2.75) is 77.2 Å².